The highest BCUT2D eigenvalue weighted by Gasteiger charge is 2.24. The van der Waals surface area contributed by atoms with Crippen LogP contribution in [-0.2, 0) is 19.1 Å². The van der Waals surface area contributed by atoms with Crippen LogP contribution in [0.3, 0.4) is 0 Å². The molecule has 0 heterocycles. The number of thioether (sulfide) groups is 1. The maximum absolute atomic E-state index is 11.2. The van der Waals surface area contributed by atoms with Gasteiger partial charge in [0.15, 0.2) is 0 Å². The Morgan fingerprint density at radius 1 is 0.893 bits per heavy atom. The largest absolute Gasteiger partial charge is 1.00 e. The van der Waals surface area contributed by atoms with Gasteiger partial charge in [-0.1, -0.05) is 27.0 Å². The molecule has 8 heteroatoms. The van der Waals surface area contributed by atoms with Gasteiger partial charge in [0.2, 0.25) is 0 Å². The van der Waals surface area contributed by atoms with Crippen molar-refractivity contribution in [2.24, 2.45) is 0 Å². The van der Waals surface area contributed by atoms with Gasteiger partial charge in [-0.25, -0.2) is 9.59 Å². The molecule has 0 bridgehead atoms. The molecular formula is C20H40BrNO4S2. The third-order valence-corrected chi connectivity index (χ3v) is 4.93. The van der Waals surface area contributed by atoms with E-state index in [4.69, 9.17) is 0 Å². The zero-order valence-corrected chi connectivity index (χ0v) is 22.0. The SMILES string of the molecule is C=C(CSCC)C(=O)OC.C=C(C[N+](CC)(CC)CC)C(=O)OC.CCS.[Br-]. The van der Waals surface area contributed by atoms with Crippen molar-refractivity contribution in [2.75, 3.05) is 57.7 Å². The van der Waals surface area contributed by atoms with Gasteiger partial charge in [0.1, 0.15) is 6.54 Å². The van der Waals surface area contributed by atoms with Crippen molar-refractivity contribution in [3.05, 3.63) is 24.3 Å². The van der Waals surface area contributed by atoms with Crippen molar-refractivity contribution in [1.82, 2.24) is 0 Å². The second kappa shape index (κ2) is 22.8. The summed E-state index contributed by atoms with van der Waals surface area (Å²) in [5.74, 6) is 2.02. The van der Waals surface area contributed by atoms with E-state index < -0.39 is 0 Å². The average molecular weight is 503 g/mol. The van der Waals surface area contributed by atoms with Crippen molar-refractivity contribution in [3.8, 4) is 0 Å². The van der Waals surface area contributed by atoms with Gasteiger partial charge < -0.3 is 30.9 Å². The zero-order valence-electron chi connectivity index (χ0n) is 18.7. The number of likely N-dealkylation sites (N-methyl/N-ethyl adjacent to an activating group) is 1. The maximum Gasteiger partial charge on any atom is 0.338 e. The molecule has 0 radical (unpaired) electrons. The van der Waals surface area contributed by atoms with Gasteiger partial charge in [0.25, 0.3) is 0 Å². The second-order valence-electron chi connectivity index (χ2n) is 5.59. The van der Waals surface area contributed by atoms with Crippen LogP contribution in [0.2, 0.25) is 0 Å². The summed E-state index contributed by atoms with van der Waals surface area (Å²) >= 11 is 5.45. The molecule has 0 atom stereocenters. The molecule has 168 valence electrons. The van der Waals surface area contributed by atoms with Crippen LogP contribution in [0.15, 0.2) is 24.3 Å². The summed E-state index contributed by atoms with van der Waals surface area (Å²) in [7, 11) is 2.76. The molecule has 0 amide bonds. The molecule has 0 saturated carbocycles. The van der Waals surface area contributed by atoms with Crippen LogP contribution in [0.25, 0.3) is 0 Å². The third-order valence-electron chi connectivity index (χ3n) is 3.97. The number of carbonyl (C=O) groups excluding carboxylic acids is 2. The van der Waals surface area contributed by atoms with Crippen LogP contribution in [0.5, 0.6) is 0 Å². The predicted octanol–water partition coefficient (Wildman–Crippen LogP) is 1.00. The van der Waals surface area contributed by atoms with Gasteiger partial charge in [-0.15, -0.1) is 0 Å². The summed E-state index contributed by atoms with van der Waals surface area (Å²) in [5.41, 5.74) is 1.10. The number of esters is 2. The lowest BCUT2D eigenvalue weighted by Gasteiger charge is -2.35. The van der Waals surface area contributed by atoms with Crippen molar-refractivity contribution >= 4 is 36.3 Å². The number of hydrogen-bond acceptors (Lipinski definition) is 6. The van der Waals surface area contributed by atoms with Crippen LogP contribution < -0.4 is 17.0 Å². The highest BCUT2D eigenvalue weighted by molar-refractivity contribution is 7.99. The fourth-order valence-corrected chi connectivity index (χ4v) is 2.62. The zero-order chi connectivity index (χ0) is 21.9. The first kappa shape index (κ1) is 35.0. The van der Waals surface area contributed by atoms with Crippen LogP contribution in [0.1, 0.15) is 34.6 Å². The minimum atomic E-state index is -0.305. The van der Waals surface area contributed by atoms with Gasteiger partial charge in [-0.05, 0) is 32.3 Å². The van der Waals surface area contributed by atoms with Gasteiger partial charge >= 0.3 is 11.9 Å². The minimum Gasteiger partial charge on any atom is -1.00 e. The molecule has 0 fully saturated rings. The summed E-state index contributed by atoms with van der Waals surface area (Å²) in [4.78, 5) is 21.9. The molecule has 0 spiro atoms. The van der Waals surface area contributed by atoms with Crippen LogP contribution >= 0.6 is 24.4 Å². The van der Waals surface area contributed by atoms with Crippen LogP contribution in [0.4, 0.5) is 0 Å². The van der Waals surface area contributed by atoms with E-state index >= 15 is 0 Å². The molecule has 0 aliphatic rings. The summed E-state index contributed by atoms with van der Waals surface area (Å²) in [6.07, 6.45) is 0. The normalized spacial score (nSPS) is 9.43. The number of methoxy groups -OCH3 is 2. The van der Waals surface area contributed by atoms with Gasteiger partial charge in [-0.2, -0.15) is 24.4 Å². The third kappa shape index (κ3) is 17.6. The van der Waals surface area contributed by atoms with Crippen LogP contribution in [-0.4, -0.2) is 74.1 Å². The van der Waals surface area contributed by atoms with E-state index in [1.165, 1.54) is 14.2 Å². The summed E-state index contributed by atoms with van der Waals surface area (Å²) in [6.45, 7) is 21.5. The lowest BCUT2D eigenvalue weighted by atomic mass is 10.2. The topological polar surface area (TPSA) is 52.6 Å². The van der Waals surface area contributed by atoms with E-state index in [0.717, 1.165) is 35.6 Å². The standard InChI is InChI=1S/C11H22NO2.C7H12O2S.C2H6S.BrH/c1-6-12(7-2,8-3)9-10(4)11(13)14-5;1-4-10-5-6(2)7(8)9-3;1-2-3;/h4,6-9H2,1-3,5H3;2,4-5H2,1,3H3;3H,2H2,1H3;1H/q+1;;;/p-1. The lowest BCUT2D eigenvalue weighted by molar-refractivity contribution is -0.918. The van der Waals surface area contributed by atoms with Crippen molar-refractivity contribution in [3.63, 3.8) is 0 Å². The number of rotatable bonds is 10. The summed E-state index contributed by atoms with van der Waals surface area (Å²) in [5, 5.41) is 0. The minimum absolute atomic E-state index is 0. The van der Waals surface area contributed by atoms with E-state index in [1.807, 2.05) is 13.8 Å². The molecule has 5 nitrogen and oxygen atoms in total. The highest BCUT2D eigenvalue weighted by atomic mass is 79.9. The number of hydrogen-bond donors (Lipinski definition) is 1. The molecule has 0 N–H and O–H groups in total. The predicted molar refractivity (Wildman–Crippen MR) is 122 cm³/mol. The number of nitrogens with zero attached hydrogens (tertiary/aromatic N) is 1. The smallest absolute Gasteiger partial charge is 0.338 e. The first-order valence-electron chi connectivity index (χ1n) is 9.24. The first-order valence-corrected chi connectivity index (χ1v) is 11.0. The fourth-order valence-electron chi connectivity index (χ4n) is 2.05. The highest BCUT2D eigenvalue weighted by Crippen LogP contribution is 2.10. The number of halogens is 1. The Labute approximate surface area is 193 Å². The summed E-state index contributed by atoms with van der Waals surface area (Å²) < 4.78 is 10.00. The van der Waals surface area contributed by atoms with E-state index in [9.17, 15) is 9.59 Å². The van der Waals surface area contributed by atoms with E-state index in [2.05, 4.69) is 56.0 Å². The lowest BCUT2D eigenvalue weighted by Crippen LogP contribution is -3.00. The Balaban J connectivity index is -0.000000181. The van der Waals surface area contributed by atoms with E-state index in [0.29, 0.717) is 23.4 Å². The Hall–Kier alpha value is -0.440. The molecule has 0 aromatic rings. The molecule has 0 saturated heterocycles. The quantitative estimate of drug-likeness (QED) is 0.209. The molecule has 0 rings (SSSR count). The molecule has 28 heavy (non-hydrogen) atoms. The van der Waals surface area contributed by atoms with Crippen molar-refractivity contribution in [1.29, 1.82) is 0 Å². The van der Waals surface area contributed by atoms with Gasteiger partial charge in [0.05, 0.1) is 39.4 Å². The number of thiol groups is 1. The monoisotopic (exact) mass is 501 g/mol. The number of ether oxygens (including phenoxy) is 2. The van der Waals surface area contributed by atoms with Crippen molar-refractivity contribution < 1.29 is 40.5 Å². The first-order chi connectivity index (χ1) is 12.7. The van der Waals surface area contributed by atoms with E-state index in [-0.39, 0.29) is 28.9 Å². The molecule has 0 aliphatic heterocycles. The Kier molecular flexibility index (Phi) is 28.6. The van der Waals surface area contributed by atoms with Gasteiger partial charge in [-0.3, -0.25) is 0 Å². The van der Waals surface area contributed by atoms with E-state index in [1.54, 1.807) is 11.8 Å². The van der Waals surface area contributed by atoms with Crippen LogP contribution in [0, 0.1) is 0 Å². The Morgan fingerprint density at radius 3 is 1.54 bits per heavy atom. The fraction of sp³-hybridized carbons (Fsp3) is 0.700. The second-order valence-corrected chi connectivity index (χ2v) is 7.50. The average Bonchev–Trinajstić information content (AvgIpc) is 2.69. The maximum atomic E-state index is 11.2. The molecule has 0 aliphatic carbocycles. The summed E-state index contributed by atoms with van der Waals surface area (Å²) in [6, 6.07) is 0. The van der Waals surface area contributed by atoms with Crippen molar-refractivity contribution in [2.45, 2.75) is 34.6 Å². The molecule has 0 aromatic heterocycles. The number of carbonyl (C=O) groups is 2. The molecule has 0 unspecified atom stereocenters. The Bertz CT molecular complexity index is 434. The molecule has 0 aromatic carbocycles. The molecular weight excluding hydrogens is 462 g/mol. The van der Waals surface area contributed by atoms with Gasteiger partial charge in [0, 0.05) is 11.3 Å². The Morgan fingerprint density at radius 2 is 1.25 bits per heavy atom. The number of quaternary nitrogens is 1.